The number of aromatic nitrogens is 1. The molecule has 0 saturated heterocycles. The molecule has 1 heterocycles. The maximum atomic E-state index is 11.7. The van der Waals surface area contributed by atoms with E-state index in [1.807, 2.05) is 13.0 Å². The standard InChI is InChI=1S/C11H13N3O/c1-2-9(13)6-11(15)8-3-4-14-10(5-8)7-12/h3-5,9H,2,6,13H2,1H3. The molecule has 0 aromatic carbocycles. The predicted molar refractivity (Wildman–Crippen MR) is 56.2 cm³/mol. The number of nitriles is 1. The Labute approximate surface area is 88.7 Å². The van der Waals surface area contributed by atoms with Crippen LogP contribution in [0.2, 0.25) is 0 Å². The highest BCUT2D eigenvalue weighted by atomic mass is 16.1. The van der Waals surface area contributed by atoms with E-state index in [1.165, 1.54) is 12.3 Å². The van der Waals surface area contributed by atoms with E-state index in [2.05, 4.69) is 4.98 Å². The third-order valence-electron chi connectivity index (χ3n) is 2.17. The molecular weight excluding hydrogens is 190 g/mol. The van der Waals surface area contributed by atoms with Crippen molar-refractivity contribution < 1.29 is 4.79 Å². The van der Waals surface area contributed by atoms with Crippen molar-refractivity contribution in [1.82, 2.24) is 4.98 Å². The number of carbonyl (C=O) groups excluding carboxylic acids is 1. The van der Waals surface area contributed by atoms with Gasteiger partial charge in [0.15, 0.2) is 5.78 Å². The average molecular weight is 203 g/mol. The molecule has 0 bridgehead atoms. The highest BCUT2D eigenvalue weighted by molar-refractivity contribution is 5.96. The second-order valence-electron chi connectivity index (χ2n) is 3.34. The van der Waals surface area contributed by atoms with E-state index in [-0.39, 0.29) is 17.5 Å². The first-order valence-electron chi connectivity index (χ1n) is 4.82. The number of ketones is 1. The summed E-state index contributed by atoms with van der Waals surface area (Å²) < 4.78 is 0. The fourth-order valence-corrected chi connectivity index (χ4v) is 1.17. The first-order chi connectivity index (χ1) is 7.17. The van der Waals surface area contributed by atoms with Crippen molar-refractivity contribution >= 4 is 5.78 Å². The molecule has 0 aliphatic rings. The van der Waals surface area contributed by atoms with Gasteiger partial charge >= 0.3 is 0 Å². The second-order valence-corrected chi connectivity index (χ2v) is 3.34. The highest BCUT2D eigenvalue weighted by Crippen LogP contribution is 2.07. The third kappa shape index (κ3) is 3.15. The maximum Gasteiger partial charge on any atom is 0.164 e. The first kappa shape index (κ1) is 11.3. The largest absolute Gasteiger partial charge is 0.327 e. The van der Waals surface area contributed by atoms with Crippen LogP contribution in [0.4, 0.5) is 0 Å². The lowest BCUT2D eigenvalue weighted by Gasteiger charge is -2.06. The number of nitrogens with two attached hydrogens (primary N) is 1. The Kier molecular flexibility index (Phi) is 3.95. The Morgan fingerprint density at radius 2 is 2.47 bits per heavy atom. The zero-order valence-corrected chi connectivity index (χ0v) is 8.60. The zero-order valence-electron chi connectivity index (χ0n) is 8.60. The van der Waals surface area contributed by atoms with Crippen LogP contribution < -0.4 is 5.73 Å². The first-order valence-corrected chi connectivity index (χ1v) is 4.82. The number of hydrogen-bond donors (Lipinski definition) is 1. The van der Waals surface area contributed by atoms with Crippen LogP contribution in [0, 0.1) is 11.3 Å². The Balaban J connectivity index is 2.78. The van der Waals surface area contributed by atoms with Crippen molar-refractivity contribution in [1.29, 1.82) is 5.26 Å². The van der Waals surface area contributed by atoms with E-state index in [0.717, 1.165) is 6.42 Å². The van der Waals surface area contributed by atoms with Gasteiger partial charge in [0, 0.05) is 24.2 Å². The molecule has 0 spiro atoms. The lowest BCUT2D eigenvalue weighted by atomic mass is 10.0. The molecule has 0 saturated carbocycles. The number of hydrogen-bond acceptors (Lipinski definition) is 4. The number of rotatable bonds is 4. The van der Waals surface area contributed by atoms with Gasteiger partial charge in [0.2, 0.25) is 0 Å². The molecule has 1 aromatic heterocycles. The van der Waals surface area contributed by atoms with Crippen molar-refractivity contribution in [3.8, 4) is 6.07 Å². The zero-order chi connectivity index (χ0) is 11.3. The van der Waals surface area contributed by atoms with Crippen molar-refractivity contribution in [3.63, 3.8) is 0 Å². The molecular formula is C11H13N3O. The lowest BCUT2D eigenvalue weighted by Crippen LogP contribution is -2.22. The molecule has 1 atom stereocenters. The topological polar surface area (TPSA) is 79.8 Å². The quantitative estimate of drug-likeness (QED) is 0.747. The molecule has 1 rings (SSSR count). The summed E-state index contributed by atoms with van der Waals surface area (Å²) in [4.78, 5) is 15.5. The van der Waals surface area contributed by atoms with Crippen LogP contribution in [0.15, 0.2) is 18.3 Å². The van der Waals surface area contributed by atoms with Gasteiger partial charge in [-0.1, -0.05) is 6.92 Å². The van der Waals surface area contributed by atoms with Crippen LogP contribution in [0.3, 0.4) is 0 Å². The highest BCUT2D eigenvalue weighted by Gasteiger charge is 2.10. The van der Waals surface area contributed by atoms with Crippen LogP contribution in [-0.4, -0.2) is 16.8 Å². The number of pyridine rings is 1. The van der Waals surface area contributed by atoms with E-state index in [9.17, 15) is 4.79 Å². The summed E-state index contributed by atoms with van der Waals surface area (Å²) >= 11 is 0. The smallest absolute Gasteiger partial charge is 0.164 e. The van der Waals surface area contributed by atoms with Crippen LogP contribution in [0.5, 0.6) is 0 Å². The molecule has 78 valence electrons. The number of Topliss-reactive ketones (excluding diaryl/α,β-unsaturated/α-hetero) is 1. The third-order valence-corrected chi connectivity index (χ3v) is 2.17. The van der Waals surface area contributed by atoms with Gasteiger partial charge in [-0.25, -0.2) is 4.98 Å². The minimum atomic E-state index is -0.115. The lowest BCUT2D eigenvalue weighted by molar-refractivity contribution is 0.0973. The predicted octanol–water partition coefficient (Wildman–Crippen LogP) is 1.26. The number of nitrogens with zero attached hydrogens (tertiary/aromatic N) is 2. The Morgan fingerprint density at radius 3 is 3.07 bits per heavy atom. The van der Waals surface area contributed by atoms with Gasteiger partial charge in [0.25, 0.3) is 0 Å². The summed E-state index contributed by atoms with van der Waals surface area (Å²) in [7, 11) is 0. The van der Waals surface area contributed by atoms with E-state index >= 15 is 0 Å². The van der Waals surface area contributed by atoms with Gasteiger partial charge in [-0.2, -0.15) is 5.26 Å². The van der Waals surface area contributed by atoms with Crippen LogP contribution in [0.25, 0.3) is 0 Å². The van der Waals surface area contributed by atoms with E-state index in [0.29, 0.717) is 12.0 Å². The molecule has 2 N–H and O–H groups in total. The Hall–Kier alpha value is -1.73. The molecule has 1 aromatic rings. The minimum Gasteiger partial charge on any atom is -0.327 e. The van der Waals surface area contributed by atoms with Crippen LogP contribution >= 0.6 is 0 Å². The van der Waals surface area contributed by atoms with E-state index in [1.54, 1.807) is 6.07 Å². The molecule has 0 aliphatic heterocycles. The van der Waals surface area contributed by atoms with Crippen molar-refractivity contribution in [3.05, 3.63) is 29.6 Å². The molecule has 15 heavy (non-hydrogen) atoms. The van der Waals surface area contributed by atoms with Crippen molar-refractivity contribution in [2.45, 2.75) is 25.8 Å². The maximum absolute atomic E-state index is 11.7. The minimum absolute atomic E-state index is 0.0387. The van der Waals surface area contributed by atoms with Gasteiger partial charge in [-0.3, -0.25) is 4.79 Å². The van der Waals surface area contributed by atoms with Crippen molar-refractivity contribution in [2.75, 3.05) is 0 Å². The summed E-state index contributed by atoms with van der Waals surface area (Å²) in [6, 6.07) is 4.87. The second kappa shape index (κ2) is 5.23. The fraction of sp³-hybridized carbons (Fsp3) is 0.364. The van der Waals surface area contributed by atoms with Gasteiger partial charge in [-0.05, 0) is 18.6 Å². The molecule has 0 amide bonds. The summed E-state index contributed by atoms with van der Waals surface area (Å²) in [5.74, 6) is -0.0387. The molecule has 0 radical (unpaired) electrons. The van der Waals surface area contributed by atoms with Gasteiger partial charge in [0.1, 0.15) is 11.8 Å². The van der Waals surface area contributed by atoms with Gasteiger partial charge in [0.05, 0.1) is 0 Å². The van der Waals surface area contributed by atoms with E-state index < -0.39 is 0 Å². The van der Waals surface area contributed by atoms with Crippen LogP contribution in [-0.2, 0) is 0 Å². The van der Waals surface area contributed by atoms with E-state index in [4.69, 9.17) is 11.0 Å². The average Bonchev–Trinajstić information content (AvgIpc) is 2.28. The summed E-state index contributed by atoms with van der Waals surface area (Å²) in [6.07, 6.45) is 2.54. The molecule has 4 heteroatoms. The molecule has 1 unspecified atom stereocenters. The molecule has 0 aliphatic carbocycles. The summed E-state index contributed by atoms with van der Waals surface area (Å²) in [6.45, 7) is 1.94. The fourth-order valence-electron chi connectivity index (χ4n) is 1.17. The van der Waals surface area contributed by atoms with Gasteiger partial charge in [-0.15, -0.1) is 0 Å². The SMILES string of the molecule is CCC(N)CC(=O)c1ccnc(C#N)c1. The Morgan fingerprint density at radius 1 is 1.73 bits per heavy atom. The van der Waals surface area contributed by atoms with Gasteiger partial charge < -0.3 is 5.73 Å². The molecule has 0 fully saturated rings. The normalized spacial score (nSPS) is 11.8. The monoisotopic (exact) mass is 203 g/mol. The molecule has 4 nitrogen and oxygen atoms in total. The summed E-state index contributed by atoms with van der Waals surface area (Å²) in [5, 5.41) is 8.62. The van der Waals surface area contributed by atoms with Crippen molar-refractivity contribution in [2.24, 2.45) is 5.73 Å². The summed E-state index contributed by atoms with van der Waals surface area (Å²) in [5.41, 5.74) is 6.44. The Bertz CT molecular complexity index is 395. The van der Waals surface area contributed by atoms with Crippen LogP contribution in [0.1, 0.15) is 35.8 Å². The number of carbonyl (C=O) groups is 1.